The number of benzene rings is 2. The second-order valence-corrected chi connectivity index (χ2v) is 5.80. The minimum Gasteiger partial charge on any atom is -0.321 e. The number of nitrogens with zero attached hydrogens (tertiary/aromatic N) is 6. The summed E-state index contributed by atoms with van der Waals surface area (Å²) in [6, 6.07) is 14.7. The predicted octanol–water partition coefficient (Wildman–Crippen LogP) is 2.45. The maximum Gasteiger partial charge on any atom is 0.273 e. The molecule has 0 aliphatic rings. The molecule has 0 bridgehead atoms. The van der Waals surface area contributed by atoms with Crippen LogP contribution < -0.4 is 5.32 Å². The molecule has 27 heavy (non-hydrogen) atoms. The molecule has 2 aromatic carbocycles. The molecule has 0 aliphatic carbocycles. The SMILES string of the molecule is Cn1nc(-c2ccc(F)cc2)cc1C(=O)Nc1cccc(-n2cnnn2)c1. The molecule has 0 atom stereocenters. The first-order valence-corrected chi connectivity index (χ1v) is 8.05. The van der Waals surface area contributed by atoms with Crippen LogP contribution in [0.3, 0.4) is 0 Å². The number of hydrogen-bond donors (Lipinski definition) is 1. The van der Waals surface area contributed by atoms with Gasteiger partial charge in [-0.2, -0.15) is 5.10 Å². The van der Waals surface area contributed by atoms with Gasteiger partial charge in [-0.3, -0.25) is 9.48 Å². The first kappa shape index (κ1) is 16.6. The zero-order chi connectivity index (χ0) is 18.8. The Bertz CT molecular complexity index is 1090. The second-order valence-electron chi connectivity index (χ2n) is 5.80. The zero-order valence-corrected chi connectivity index (χ0v) is 14.2. The number of nitrogens with one attached hydrogen (secondary N) is 1. The van der Waals surface area contributed by atoms with Gasteiger partial charge in [-0.25, -0.2) is 9.07 Å². The molecule has 2 heterocycles. The quantitative estimate of drug-likeness (QED) is 0.601. The number of aryl methyl sites for hydroxylation is 1. The number of hydrogen-bond acceptors (Lipinski definition) is 5. The Hall–Kier alpha value is -3.88. The van der Waals surface area contributed by atoms with E-state index in [4.69, 9.17) is 0 Å². The smallest absolute Gasteiger partial charge is 0.273 e. The number of rotatable bonds is 4. The molecule has 1 amide bonds. The molecule has 1 N–H and O–H groups in total. The molecule has 0 spiro atoms. The highest BCUT2D eigenvalue weighted by Crippen LogP contribution is 2.20. The lowest BCUT2D eigenvalue weighted by Gasteiger charge is -2.07. The number of amides is 1. The van der Waals surface area contributed by atoms with Crippen LogP contribution in [0, 0.1) is 5.82 Å². The topological polar surface area (TPSA) is 90.5 Å². The van der Waals surface area contributed by atoms with Crippen LogP contribution >= 0.6 is 0 Å². The highest BCUT2D eigenvalue weighted by molar-refractivity contribution is 6.03. The zero-order valence-electron chi connectivity index (χ0n) is 14.2. The molecule has 8 nitrogen and oxygen atoms in total. The second kappa shape index (κ2) is 6.79. The van der Waals surface area contributed by atoms with Crippen molar-refractivity contribution in [1.82, 2.24) is 30.0 Å². The summed E-state index contributed by atoms with van der Waals surface area (Å²) in [4.78, 5) is 12.7. The van der Waals surface area contributed by atoms with Crippen LogP contribution in [0.1, 0.15) is 10.5 Å². The fourth-order valence-electron chi connectivity index (χ4n) is 2.64. The Morgan fingerprint density at radius 1 is 1.11 bits per heavy atom. The maximum atomic E-state index is 13.1. The largest absolute Gasteiger partial charge is 0.321 e. The van der Waals surface area contributed by atoms with E-state index in [1.807, 2.05) is 6.07 Å². The molecule has 9 heteroatoms. The summed E-state index contributed by atoms with van der Waals surface area (Å²) in [6.45, 7) is 0. The van der Waals surface area contributed by atoms with Crippen molar-refractivity contribution in [2.75, 3.05) is 5.32 Å². The van der Waals surface area contributed by atoms with Gasteiger partial charge in [-0.05, 0) is 59.0 Å². The van der Waals surface area contributed by atoms with Gasteiger partial charge in [0.2, 0.25) is 0 Å². The molecular weight excluding hydrogens is 349 g/mol. The van der Waals surface area contributed by atoms with Crippen LogP contribution in [0.5, 0.6) is 0 Å². The van der Waals surface area contributed by atoms with Gasteiger partial charge in [0.15, 0.2) is 0 Å². The molecule has 0 aliphatic heterocycles. The summed E-state index contributed by atoms with van der Waals surface area (Å²) in [5, 5.41) is 18.2. The van der Waals surface area contributed by atoms with Crippen LogP contribution in [-0.4, -0.2) is 35.9 Å². The van der Waals surface area contributed by atoms with E-state index in [9.17, 15) is 9.18 Å². The van der Waals surface area contributed by atoms with Crippen LogP contribution in [0.2, 0.25) is 0 Å². The van der Waals surface area contributed by atoms with Gasteiger partial charge in [0.25, 0.3) is 5.91 Å². The molecule has 0 saturated heterocycles. The third-order valence-corrected chi connectivity index (χ3v) is 3.97. The van der Waals surface area contributed by atoms with Gasteiger partial charge in [0.1, 0.15) is 17.8 Å². The standard InChI is InChI=1S/C18H14FN7O/c1-25-17(10-16(22-25)12-5-7-13(19)8-6-12)18(27)21-14-3-2-4-15(9-14)26-11-20-23-24-26/h2-11H,1H3,(H,21,27). The van der Waals surface area contributed by atoms with Gasteiger partial charge in [0, 0.05) is 18.3 Å². The van der Waals surface area contributed by atoms with Crippen molar-refractivity contribution in [2.45, 2.75) is 0 Å². The lowest BCUT2D eigenvalue weighted by atomic mass is 10.1. The number of carbonyl (C=O) groups excluding carboxylic acids is 1. The summed E-state index contributed by atoms with van der Waals surface area (Å²) in [5.74, 6) is -0.637. The van der Waals surface area contributed by atoms with Gasteiger partial charge in [-0.1, -0.05) is 6.07 Å². The third kappa shape index (κ3) is 3.43. The Labute approximate surface area is 153 Å². The number of anilines is 1. The lowest BCUT2D eigenvalue weighted by molar-refractivity contribution is 0.101. The Morgan fingerprint density at radius 3 is 2.67 bits per heavy atom. The number of tetrazole rings is 1. The van der Waals surface area contributed by atoms with Crippen molar-refractivity contribution in [3.8, 4) is 16.9 Å². The van der Waals surface area contributed by atoms with E-state index in [0.29, 0.717) is 17.1 Å². The fraction of sp³-hybridized carbons (Fsp3) is 0.0556. The molecule has 0 unspecified atom stereocenters. The van der Waals surface area contributed by atoms with Gasteiger partial charge < -0.3 is 5.32 Å². The third-order valence-electron chi connectivity index (χ3n) is 3.97. The highest BCUT2D eigenvalue weighted by Gasteiger charge is 2.15. The number of carbonyl (C=O) groups is 1. The Balaban J connectivity index is 1.57. The normalized spacial score (nSPS) is 10.7. The van der Waals surface area contributed by atoms with E-state index in [0.717, 1.165) is 11.3 Å². The summed E-state index contributed by atoms with van der Waals surface area (Å²) in [5.41, 5.74) is 3.01. The first-order valence-electron chi connectivity index (χ1n) is 8.05. The summed E-state index contributed by atoms with van der Waals surface area (Å²) in [7, 11) is 1.68. The average molecular weight is 363 g/mol. The van der Waals surface area contributed by atoms with Crippen LogP contribution in [0.15, 0.2) is 60.9 Å². The average Bonchev–Trinajstić information content (AvgIpc) is 3.32. The van der Waals surface area contributed by atoms with Gasteiger partial charge in [-0.15, -0.1) is 5.10 Å². The fourth-order valence-corrected chi connectivity index (χ4v) is 2.64. The molecule has 4 rings (SSSR count). The van der Waals surface area contributed by atoms with Crippen molar-refractivity contribution in [3.05, 3.63) is 72.4 Å². The van der Waals surface area contributed by atoms with Crippen molar-refractivity contribution in [2.24, 2.45) is 7.05 Å². The van der Waals surface area contributed by atoms with Crippen LogP contribution in [0.4, 0.5) is 10.1 Å². The van der Waals surface area contributed by atoms with E-state index in [1.165, 1.54) is 27.8 Å². The summed E-state index contributed by atoms with van der Waals surface area (Å²) < 4.78 is 16.1. The molecule has 134 valence electrons. The first-order chi connectivity index (χ1) is 13.1. The maximum absolute atomic E-state index is 13.1. The predicted molar refractivity (Wildman–Crippen MR) is 95.7 cm³/mol. The molecule has 0 fully saturated rings. The van der Waals surface area contributed by atoms with Crippen LogP contribution in [0.25, 0.3) is 16.9 Å². The van der Waals surface area contributed by atoms with Crippen molar-refractivity contribution in [1.29, 1.82) is 0 Å². The number of aromatic nitrogens is 6. The van der Waals surface area contributed by atoms with E-state index in [2.05, 4.69) is 25.9 Å². The monoisotopic (exact) mass is 363 g/mol. The molecular formula is C18H14FN7O. The van der Waals surface area contributed by atoms with E-state index >= 15 is 0 Å². The van der Waals surface area contributed by atoms with Gasteiger partial charge in [0.05, 0.1) is 11.4 Å². The minimum absolute atomic E-state index is 0.313. The minimum atomic E-state index is -0.324. The van der Waals surface area contributed by atoms with Crippen molar-refractivity contribution >= 4 is 11.6 Å². The number of halogens is 1. The lowest BCUT2D eigenvalue weighted by Crippen LogP contribution is -2.16. The van der Waals surface area contributed by atoms with Crippen LogP contribution in [-0.2, 0) is 7.05 Å². The Kier molecular flexibility index (Phi) is 4.17. The Morgan fingerprint density at radius 2 is 1.93 bits per heavy atom. The van der Waals surface area contributed by atoms with Crippen molar-refractivity contribution in [3.63, 3.8) is 0 Å². The summed E-state index contributed by atoms with van der Waals surface area (Å²) >= 11 is 0. The summed E-state index contributed by atoms with van der Waals surface area (Å²) in [6.07, 6.45) is 1.47. The van der Waals surface area contributed by atoms with Crippen molar-refractivity contribution < 1.29 is 9.18 Å². The van der Waals surface area contributed by atoms with Gasteiger partial charge >= 0.3 is 0 Å². The van der Waals surface area contributed by atoms with E-state index in [-0.39, 0.29) is 11.7 Å². The van der Waals surface area contributed by atoms with E-state index in [1.54, 1.807) is 43.4 Å². The highest BCUT2D eigenvalue weighted by atomic mass is 19.1. The molecule has 2 aromatic heterocycles. The molecule has 4 aromatic rings. The molecule has 0 saturated carbocycles. The molecule has 0 radical (unpaired) electrons. The van der Waals surface area contributed by atoms with E-state index < -0.39 is 0 Å².